The molecule has 0 aromatic rings. The van der Waals surface area contributed by atoms with E-state index in [1.807, 2.05) is 0 Å². The van der Waals surface area contributed by atoms with Gasteiger partial charge in [-0.25, -0.2) is 0 Å². The zero-order valence-electron chi connectivity index (χ0n) is 8.46. The monoisotopic (exact) mass is 181 g/mol. The Bertz CT molecular complexity index is 212. The minimum absolute atomic E-state index is 0.643. The van der Waals surface area contributed by atoms with Crippen molar-refractivity contribution in [1.29, 1.82) is 0 Å². The van der Waals surface area contributed by atoms with Crippen molar-refractivity contribution in [2.45, 2.75) is 31.7 Å². The summed E-state index contributed by atoms with van der Waals surface area (Å²) >= 11 is 0. The van der Waals surface area contributed by atoms with Gasteiger partial charge in [0.1, 0.15) is 0 Å². The fourth-order valence-electron chi connectivity index (χ4n) is 3.89. The van der Waals surface area contributed by atoms with Gasteiger partial charge in [0, 0.05) is 18.6 Å². The fourth-order valence-corrected chi connectivity index (χ4v) is 3.89. The molecule has 1 aliphatic heterocycles. The average molecular weight is 181 g/mol. The molecule has 2 aliphatic carbocycles. The lowest BCUT2D eigenvalue weighted by molar-refractivity contribution is 0.00421. The molecule has 13 heavy (non-hydrogen) atoms. The predicted octanol–water partition coefficient (Wildman–Crippen LogP) is 1.51. The third-order valence-corrected chi connectivity index (χ3v) is 4.62. The van der Waals surface area contributed by atoms with E-state index in [9.17, 15) is 0 Å². The first kappa shape index (κ1) is 8.25. The summed E-state index contributed by atoms with van der Waals surface area (Å²) < 4.78 is 5.42. The SMILES string of the molecule is C[C@H]1[C@@H]2CCC[C@]12N1CCOCC1. The lowest BCUT2D eigenvalue weighted by atomic mass is 10.1. The molecule has 0 bridgehead atoms. The third kappa shape index (κ3) is 0.962. The first-order chi connectivity index (χ1) is 6.36. The standard InChI is InChI=1S/C11H19NO/c1-9-10-3-2-4-11(9,10)12-5-7-13-8-6-12/h9-10H,2-8H2,1H3/t9-,10-,11-/m0/s1. The second kappa shape index (κ2) is 2.71. The van der Waals surface area contributed by atoms with E-state index in [1.54, 1.807) is 0 Å². The molecule has 2 nitrogen and oxygen atoms in total. The molecular formula is C11H19NO. The highest BCUT2D eigenvalue weighted by Gasteiger charge is 2.66. The molecule has 3 rings (SSSR count). The molecular weight excluding hydrogens is 162 g/mol. The molecule has 0 aromatic carbocycles. The topological polar surface area (TPSA) is 12.5 Å². The van der Waals surface area contributed by atoms with Crippen molar-refractivity contribution in [2.75, 3.05) is 26.3 Å². The maximum atomic E-state index is 5.42. The molecule has 0 unspecified atom stereocenters. The van der Waals surface area contributed by atoms with Crippen LogP contribution in [0.2, 0.25) is 0 Å². The molecule has 1 saturated heterocycles. The second-order valence-corrected chi connectivity index (χ2v) is 4.88. The van der Waals surface area contributed by atoms with Gasteiger partial charge in [-0.1, -0.05) is 13.3 Å². The molecule has 0 aromatic heterocycles. The van der Waals surface area contributed by atoms with E-state index in [0.29, 0.717) is 5.54 Å². The Morgan fingerprint density at radius 2 is 2.08 bits per heavy atom. The van der Waals surface area contributed by atoms with Gasteiger partial charge in [-0.15, -0.1) is 0 Å². The van der Waals surface area contributed by atoms with E-state index in [4.69, 9.17) is 4.74 Å². The van der Waals surface area contributed by atoms with Crippen LogP contribution in [0.4, 0.5) is 0 Å². The number of ether oxygens (including phenoxy) is 1. The number of fused-ring (bicyclic) bond motifs is 1. The summed E-state index contributed by atoms with van der Waals surface area (Å²) in [7, 11) is 0. The molecule has 2 heteroatoms. The largest absolute Gasteiger partial charge is 0.379 e. The van der Waals surface area contributed by atoms with E-state index >= 15 is 0 Å². The van der Waals surface area contributed by atoms with Crippen molar-refractivity contribution >= 4 is 0 Å². The maximum absolute atomic E-state index is 5.42. The summed E-state index contributed by atoms with van der Waals surface area (Å²) in [5.41, 5.74) is 0.643. The minimum Gasteiger partial charge on any atom is -0.379 e. The Balaban J connectivity index is 1.76. The maximum Gasteiger partial charge on any atom is 0.0594 e. The molecule has 3 aliphatic rings. The van der Waals surface area contributed by atoms with Crippen molar-refractivity contribution in [2.24, 2.45) is 11.8 Å². The summed E-state index contributed by atoms with van der Waals surface area (Å²) in [6.07, 6.45) is 4.41. The fraction of sp³-hybridized carbons (Fsp3) is 1.00. The summed E-state index contributed by atoms with van der Waals surface area (Å²) in [4.78, 5) is 2.72. The summed E-state index contributed by atoms with van der Waals surface area (Å²) in [6, 6.07) is 0. The van der Waals surface area contributed by atoms with Gasteiger partial charge in [0.15, 0.2) is 0 Å². The number of nitrogens with zero attached hydrogens (tertiary/aromatic N) is 1. The average Bonchev–Trinajstić information content (AvgIpc) is 2.63. The Kier molecular flexibility index (Phi) is 1.72. The quantitative estimate of drug-likeness (QED) is 0.608. The predicted molar refractivity (Wildman–Crippen MR) is 51.6 cm³/mol. The zero-order chi connectivity index (χ0) is 8.89. The van der Waals surface area contributed by atoms with Crippen molar-refractivity contribution in [3.8, 4) is 0 Å². The highest BCUT2D eigenvalue weighted by Crippen LogP contribution is 2.64. The lowest BCUT2D eigenvalue weighted by Crippen LogP contribution is -2.46. The van der Waals surface area contributed by atoms with Crippen LogP contribution in [0.25, 0.3) is 0 Å². The van der Waals surface area contributed by atoms with E-state index in [2.05, 4.69) is 11.8 Å². The van der Waals surface area contributed by atoms with Crippen LogP contribution in [0.15, 0.2) is 0 Å². The van der Waals surface area contributed by atoms with Gasteiger partial charge >= 0.3 is 0 Å². The van der Waals surface area contributed by atoms with Gasteiger partial charge in [0.05, 0.1) is 13.2 Å². The Morgan fingerprint density at radius 1 is 1.31 bits per heavy atom. The molecule has 2 saturated carbocycles. The highest BCUT2D eigenvalue weighted by molar-refractivity contribution is 5.20. The molecule has 0 spiro atoms. The van der Waals surface area contributed by atoms with Gasteiger partial charge in [0.2, 0.25) is 0 Å². The highest BCUT2D eigenvalue weighted by atomic mass is 16.5. The molecule has 1 heterocycles. The zero-order valence-corrected chi connectivity index (χ0v) is 8.46. The Hall–Kier alpha value is -0.0800. The number of hydrogen-bond acceptors (Lipinski definition) is 2. The second-order valence-electron chi connectivity index (χ2n) is 4.88. The van der Waals surface area contributed by atoms with E-state index < -0.39 is 0 Å². The normalized spacial score (nSPS) is 50.5. The van der Waals surface area contributed by atoms with Crippen LogP contribution in [0, 0.1) is 11.8 Å². The molecule has 3 atom stereocenters. The van der Waals surface area contributed by atoms with Gasteiger partial charge in [-0.3, -0.25) is 4.90 Å². The molecule has 0 amide bonds. The van der Waals surface area contributed by atoms with Gasteiger partial charge in [-0.05, 0) is 24.7 Å². The van der Waals surface area contributed by atoms with E-state index in [0.717, 1.165) is 25.0 Å². The van der Waals surface area contributed by atoms with Gasteiger partial charge in [0.25, 0.3) is 0 Å². The summed E-state index contributed by atoms with van der Waals surface area (Å²) in [6.45, 7) is 6.73. The Morgan fingerprint density at radius 3 is 2.69 bits per heavy atom. The van der Waals surface area contributed by atoms with Crippen molar-refractivity contribution in [3.05, 3.63) is 0 Å². The lowest BCUT2D eigenvalue weighted by Gasteiger charge is -2.35. The van der Waals surface area contributed by atoms with Gasteiger partial charge < -0.3 is 4.74 Å². The molecule has 3 fully saturated rings. The number of morpholine rings is 1. The van der Waals surface area contributed by atoms with Crippen molar-refractivity contribution in [1.82, 2.24) is 4.90 Å². The molecule has 0 radical (unpaired) electrons. The van der Waals surface area contributed by atoms with Crippen LogP contribution >= 0.6 is 0 Å². The van der Waals surface area contributed by atoms with Crippen LogP contribution in [-0.2, 0) is 4.74 Å². The first-order valence-electron chi connectivity index (χ1n) is 5.68. The van der Waals surface area contributed by atoms with Crippen LogP contribution in [-0.4, -0.2) is 36.7 Å². The van der Waals surface area contributed by atoms with E-state index in [-0.39, 0.29) is 0 Å². The van der Waals surface area contributed by atoms with Crippen molar-refractivity contribution in [3.63, 3.8) is 0 Å². The molecule has 74 valence electrons. The first-order valence-corrected chi connectivity index (χ1v) is 5.68. The van der Waals surface area contributed by atoms with Crippen LogP contribution in [0.5, 0.6) is 0 Å². The van der Waals surface area contributed by atoms with Crippen LogP contribution in [0.1, 0.15) is 26.2 Å². The summed E-state index contributed by atoms with van der Waals surface area (Å²) in [5.74, 6) is 2.00. The summed E-state index contributed by atoms with van der Waals surface area (Å²) in [5, 5.41) is 0. The van der Waals surface area contributed by atoms with Crippen LogP contribution < -0.4 is 0 Å². The third-order valence-electron chi connectivity index (χ3n) is 4.62. The Labute approximate surface area is 80.2 Å². The van der Waals surface area contributed by atoms with Gasteiger partial charge in [-0.2, -0.15) is 0 Å². The smallest absolute Gasteiger partial charge is 0.0594 e. The van der Waals surface area contributed by atoms with Crippen molar-refractivity contribution < 1.29 is 4.74 Å². The number of rotatable bonds is 1. The number of hydrogen-bond donors (Lipinski definition) is 0. The van der Waals surface area contributed by atoms with E-state index in [1.165, 1.54) is 32.4 Å². The van der Waals surface area contributed by atoms with Crippen LogP contribution in [0.3, 0.4) is 0 Å². The molecule has 0 N–H and O–H groups in total. The minimum atomic E-state index is 0.643.